The predicted molar refractivity (Wildman–Crippen MR) is 79.8 cm³/mol. The first-order valence-corrected chi connectivity index (χ1v) is 6.71. The average Bonchev–Trinajstić information content (AvgIpc) is 2.76. The second-order valence-corrected chi connectivity index (χ2v) is 4.94. The molecule has 1 aromatic heterocycles. The lowest BCUT2D eigenvalue weighted by molar-refractivity contribution is 0.617. The molecule has 0 saturated heterocycles. The quantitative estimate of drug-likeness (QED) is 0.726. The van der Waals surface area contributed by atoms with Gasteiger partial charge in [0.1, 0.15) is 17.3 Å². The molecule has 5 heteroatoms. The number of benzene rings is 2. The summed E-state index contributed by atoms with van der Waals surface area (Å²) >= 11 is 6.17. The van der Waals surface area contributed by atoms with Crippen LogP contribution in [0.25, 0.3) is 16.7 Å². The molecule has 0 saturated carbocycles. The summed E-state index contributed by atoms with van der Waals surface area (Å²) in [6.07, 6.45) is 0.666. The van der Waals surface area contributed by atoms with Crippen molar-refractivity contribution in [2.24, 2.45) is 0 Å². The zero-order valence-electron chi connectivity index (χ0n) is 10.9. The summed E-state index contributed by atoms with van der Waals surface area (Å²) in [4.78, 5) is 4.51. The summed E-state index contributed by atoms with van der Waals surface area (Å²) in [7, 11) is 0. The van der Waals surface area contributed by atoms with E-state index in [0.29, 0.717) is 22.8 Å². The minimum atomic E-state index is -0.372. The largest absolute Gasteiger partial charge is 0.399 e. The van der Waals surface area contributed by atoms with Gasteiger partial charge in [-0.1, -0.05) is 24.6 Å². The molecule has 0 atom stereocenters. The normalized spacial score (nSPS) is 11.2. The number of fused-ring (bicyclic) bond motifs is 1. The van der Waals surface area contributed by atoms with Crippen molar-refractivity contribution in [2.45, 2.75) is 13.3 Å². The Bertz CT molecular complexity index is 775. The van der Waals surface area contributed by atoms with Crippen molar-refractivity contribution in [3.05, 3.63) is 53.1 Å². The van der Waals surface area contributed by atoms with Gasteiger partial charge in [-0.2, -0.15) is 0 Å². The number of nitrogens with two attached hydrogens (primary N) is 1. The summed E-state index contributed by atoms with van der Waals surface area (Å²) in [6.45, 7) is 1.97. The Kier molecular flexibility index (Phi) is 3.10. The molecule has 0 amide bonds. The Morgan fingerprint density at radius 3 is 2.80 bits per heavy atom. The van der Waals surface area contributed by atoms with Crippen LogP contribution >= 0.6 is 11.6 Å². The molecule has 0 fully saturated rings. The van der Waals surface area contributed by atoms with Gasteiger partial charge >= 0.3 is 0 Å². The summed E-state index contributed by atoms with van der Waals surface area (Å²) in [6, 6.07) is 10.0. The molecule has 2 aromatic carbocycles. The lowest BCUT2D eigenvalue weighted by Crippen LogP contribution is -2.03. The summed E-state index contributed by atoms with van der Waals surface area (Å²) in [5.41, 5.74) is 8.27. The van der Waals surface area contributed by atoms with E-state index in [9.17, 15) is 4.39 Å². The number of halogens is 2. The molecule has 3 rings (SSSR count). The van der Waals surface area contributed by atoms with Crippen LogP contribution in [0.4, 0.5) is 10.1 Å². The van der Waals surface area contributed by atoms with Gasteiger partial charge < -0.3 is 5.73 Å². The highest BCUT2D eigenvalue weighted by Gasteiger charge is 2.17. The second kappa shape index (κ2) is 4.80. The van der Waals surface area contributed by atoms with Crippen molar-refractivity contribution in [1.29, 1.82) is 0 Å². The highest BCUT2D eigenvalue weighted by molar-refractivity contribution is 6.32. The highest BCUT2D eigenvalue weighted by Crippen LogP contribution is 2.30. The van der Waals surface area contributed by atoms with E-state index in [1.807, 2.05) is 13.0 Å². The van der Waals surface area contributed by atoms with Crippen LogP contribution in [0.5, 0.6) is 0 Å². The van der Waals surface area contributed by atoms with Gasteiger partial charge in [0.2, 0.25) is 0 Å². The van der Waals surface area contributed by atoms with Crippen LogP contribution in [0.1, 0.15) is 12.7 Å². The minimum absolute atomic E-state index is 0.332. The molecule has 0 radical (unpaired) electrons. The molecule has 102 valence electrons. The predicted octanol–water partition coefficient (Wildman–Crippen LogP) is 3.96. The Balaban J connectivity index is 2.40. The molecule has 0 aliphatic heterocycles. The summed E-state index contributed by atoms with van der Waals surface area (Å²) < 4.78 is 15.9. The van der Waals surface area contributed by atoms with E-state index < -0.39 is 0 Å². The second-order valence-electron chi connectivity index (χ2n) is 4.54. The number of nitrogens with zero attached hydrogens (tertiary/aromatic N) is 2. The number of anilines is 1. The Hall–Kier alpha value is -2.07. The topological polar surface area (TPSA) is 43.8 Å². The van der Waals surface area contributed by atoms with Crippen LogP contribution in [0.3, 0.4) is 0 Å². The lowest BCUT2D eigenvalue weighted by Gasteiger charge is -2.11. The molecule has 0 aliphatic carbocycles. The van der Waals surface area contributed by atoms with Crippen LogP contribution in [0.2, 0.25) is 5.02 Å². The van der Waals surface area contributed by atoms with E-state index in [-0.39, 0.29) is 5.82 Å². The number of rotatable bonds is 2. The number of aryl methyl sites for hydroxylation is 1. The van der Waals surface area contributed by atoms with Crippen molar-refractivity contribution >= 4 is 28.3 Å². The first-order valence-electron chi connectivity index (χ1n) is 6.33. The van der Waals surface area contributed by atoms with Crippen molar-refractivity contribution in [2.75, 3.05) is 5.73 Å². The Morgan fingerprint density at radius 1 is 1.30 bits per heavy atom. The molecule has 3 nitrogen and oxygen atoms in total. The highest BCUT2D eigenvalue weighted by atomic mass is 35.5. The standard InChI is InChI=1S/C15H13ClFN3/c1-2-14-19-12-8-9(18)6-7-13(12)20(14)15-10(16)4-3-5-11(15)17/h3-8H,2,18H2,1H3. The molecule has 3 aromatic rings. The summed E-state index contributed by atoms with van der Waals surface area (Å²) in [5, 5.41) is 0.357. The maximum absolute atomic E-state index is 14.2. The van der Waals surface area contributed by atoms with Gasteiger partial charge in [0, 0.05) is 12.1 Å². The zero-order chi connectivity index (χ0) is 14.3. The number of aromatic nitrogens is 2. The number of hydrogen-bond acceptors (Lipinski definition) is 2. The van der Waals surface area contributed by atoms with E-state index in [4.69, 9.17) is 17.3 Å². The molecular weight excluding hydrogens is 277 g/mol. The Labute approximate surface area is 120 Å². The van der Waals surface area contributed by atoms with Gasteiger partial charge in [0.25, 0.3) is 0 Å². The van der Waals surface area contributed by atoms with Crippen LogP contribution in [-0.4, -0.2) is 9.55 Å². The first-order chi connectivity index (χ1) is 9.61. The molecule has 1 heterocycles. The van der Waals surface area contributed by atoms with E-state index in [2.05, 4.69) is 4.98 Å². The SMILES string of the molecule is CCc1nc2cc(N)ccc2n1-c1c(F)cccc1Cl. The third kappa shape index (κ3) is 1.93. The van der Waals surface area contributed by atoms with E-state index in [1.165, 1.54) is 6.07 Å². The first kappa shape index (κ1) is 12.9. The van der Waals surface area contributed by atoms with Crippen LogP contribution < -0.4 is 5.73 Å². The third-order valence-corrected chi connectivity index (χ3v) is 3.53. The van der Waals surface area contributed by atoms with Crippen LogP contribution in [0.15, 0.2) is 36.4 Å². The average molecular weight is 290 g/mol. The maximum Gasteiger partial charge on any atom is 0.148 e. The maximum atomic E-state index is 14.2. The molecule has 0 unspecified atom stereocenters. The molecule has 20 heavy (non-hydrogen) atoms. The van der Waals surface area contributed by atoms with Crippen molar-refractivity contribution in [1.82, 2.24) is 9.55 Å². The van der Waals surface area contributed by atoms with E-state index in [0.717, 1.165) is 16.9 Å². The van der Waals surface area contributed by atoms with Gasteiger partial charge in [0.15, 0.2) is 0 Å². The van der Waals surface area contributed by atoms with Crippen LogP contribution in [-0.2, 0) is 6.42 Å². The lowest BCUT2D eigenvalue weighted by atomic mass is 10.2. The van der Waals surface area contributed by atoms with Gasteiger partial charge in [-0.15, -0.1) is 0 Å². The number of imidazole rings is 1. The number of nitrogen functional groups attached to an aromatic ring is 1. The number of para-hydroxylation sites is 1. The van der Waals surface area contributed by atoms with Gasteiger partial charge in [-0.25, -0.2) is 9.37 Å². The zero-order valence-corrected chi connectivity index (χ0v) is 11.7. The van der Waals surface area contributed by atoms with Crippen molar-refractivity contribution < 1.29 is 4.39 Å². The van der Waals surface area contributed by atoms with Gasteiger partial charge in [-0.05, 0) is 30.3 Å². The molecule has 0 spiro atoms. The molecule has 0 aliphatic rings. The fourth-order valence-electron chi connectivity index (χ4n) is 2.34. The smallest absolute Gasteiger partial charge is 0.148 e. The Morgan fingerprint density at radius 2 is 2.10 bits per heavy atom. The number of hydrogen-bond donors (Lipinski definition) is 1. The monoisotopic (exact) mass is 289 g/mol. The van der Waals surface area contributed by atoms with Crippen molar-refractivity contribution in [3.8, 4) is 5.69 Å². The molecule has 0 bridgehead atoms. The van der Waals surface area contributed by atoms with Crippen molar-refractivity contribution in [3.63, 3.8) is 0 Å². The fourth-order valence-corrected chi connectivity index (χ4v) is 2.58. The molecular formula is C15H13ClFN3. The van der Waals surface area contributed by atoms with Gasteiger partial charge in [0.05, 0.1) is 16.1 Å². The van der Waals surface area contributed by atoms with E-state index in [1.54, 1.807) is 28.8 Å². The van der Waals surface area contributed by atoms with Crippen LogP contribution in [0, 0.1) is 5.82 Å². The third-order valence-electron chi connectivity index (χ3n) is 3.23. The summed E-state index contributed by atoms with van der Waals surface area (Å²) in [5.74, 6) is 0.376. The van der Waals surface area contributed by atoms with E-state index >= 15 is 0 Å². The minimum Gasteiger partial charge on any atom is -0.399 e. The fraction of sp³-hybridized carbons (Fsp3) is 0.133. The van der Waals surface area contributed by atoms with Gasteiger partial charge in [-0.3, -0.25) is 4.57 Å². The molecule has 2 N–H and O–H groups in total.